The van der Waals surface area contributed by atoms with E-state index in [1.165, 1.54) is 36.1 Å². The summed E-state index contributed by atoms with van der Waals surface area (Å²) in [4.78, 5) is 33.8. The smallest absolute Gasteiger partial charge is 0.280 e. The maximum atomic E-state index is 15.5. The van der Waals surface area contributed by atoms with E-state index in [-0.39, 0.29) is 26.9 Å². The maximum absolute atomic E-state index is 15.5. The van der Waals surface area contributed by atoms with Gasteiger partial charge in [0.25, 0.3) is 5.91 Å². The van der Waals surface area contributed by atoms with E-state index in [2.05, 4.69) is 20.3 Å². The molecule has 0 atom stereocenters. The Morgan fingerprint density at radius 1 is 0.885 bits per heavy atom. The van der Waals surface area contributed by atoms with Gasteiger partial charge in [-0.2, -0.15) is 5.10 Å². The summed E-state index contributed by atoms with van der Waals surface area (Å²) in [6, 6.07) is 20.7. The number of likely N-dealkylation sites (tertiary alicyclic amines) is 1. The predicted molar refractivity (Wildman–Crippen MR) is 200 cm³/mol. The molecule has 4 aromatic carbocycles. The van der Waals surface area contributed by atoms with E-state index in [0.717, 1.165) is 32.1 Å². The summed E-state index contributed by atoms with van der Waals surface area (Å²) in [7, 11) is 1.56. The van der Waals surface area contributed by atoms with Crippen molar-refractivity contribution in [2.45, 2.75) is 25.7 Å². The first-order valence-electron chi connectivity index (χ1n) is 16.9. The number of piperidine rings is 1. The summed E-state index contributed by atoms with van der Waals surface area (Å²) in [6.07, 6.45) is 6.25. The van der Waals surface area contributed by atoms with Crippen LogP contribution in [0.3, 0.4) is 0 Å². The number of carbonyl (C=O) groups is 1. The number of anilines is 1. The second-order valence-electron chi connectivity index (χ2n) is 12.3. The second kappa shape index (κ2) is 15.6. The molecule has 10 nitrogen and oxygen atoms in total. The number of aromatic nitrogens is 3. The first kappa shape index (κ1) is 35.2. The molecule has 0 spiro atoms. The number of pyridine rings is 1. The molecule has 0 unspecified atom stereocenters. The summed E-state index contributed by atoms with van der Waals surface area (Å²) in [5, 5.41) is 8.28. The quantitative estimate of drug-likeness (QED) is 0.132. The average Bonchev–Trinajstić information content (AvgIpc) is 3.15. The highest BCUT2D eigenvalue weighted by Gasteiger charge is 2.22. The molecule has 13 heteroatoms. The Bertz CT molecular complexity index is 2330. The van der Waals surface area contributed by atoms with Gasteiger partial charge in [-0.15, -0.1) is 0 Å². The molecule has 0 radical (unpaired) electrons. The van der Waals surface area contributed by atoms with Crippen molar-refractivity contribution in [3.8, 4) is 28.7 Å². The lowest BCUT2D eigenvalue weighted by Gasteiger charge is -2.26. The van der Waals surface area contributed by atoms with Crippen LogP contribution in [0.25, 0.3) is 27.5 Å². The van der Waals surface area contributed by atoms with E-state index in [1.807, 2.05) is 0 Å². The van der Waals surface area contributed by atoms with Gasteiger partial charge >= 0.3 is 0 Å². The van der Waals surface area contributed by atoms with Crippen LogP contribution in [-0.4, -0.2) is 58.9 Å². The zero-order valence-corrected chi connectivity index (χ0v) is 29.7. The Kier molecular flexibility index (Phi) is 10.5. The number of nitrogens with zero attached hydrogens (tertiary/aromatic N) is 4. The largest absolute Gasteiger partial charge is 0.493 e. The highest BCUT2D eigenvalue weighted by Crippen LogP contribution is 2.38. The van der Waals surface area contributed by atoms with Crippen molar-refractivity contribution in [3.05, 3.63) is 117 Å². The lowest BCUT2D eigenvalue weighted by atomic mass is 10.1. The van der Waals surface area contributed by atoms with Crippen molar-refractivity contribution < 1.29 is 23.4 Å². The number of halogens is 3. The van der Waals surface area contributed by atoms with Crippen LogP contribution in [0.15, 0.2) is 89.9 Å². The van der Waals surface area contributed by atoms with E-state index < -0.39 is 22.8 Å². The number of nitrogens with one attached hydrogen (secondary N) is 1. The Morgan fingerprint density at radius 2 is 1.67 bits per heavy atom. The third-order valence-electron chi connectivity index (χ3n) is 8.88. The third-order valence-corrected chi connectivity index (χ3v) is 9.49. The first-order chi connectivity index (χ1) is 25.3. The van der Waals surface area contributed by atoms with Crippen LogP contribution in [0.5, 0.6) is 23.0 Å². The van der Waals surface area contributed by atoms with Gasteiger partial charge in [0.1, 0.15) is 11.4 Å². The van der Waals surface area contributed by atoms with Gasteiger partial charge in [-0.1, -0.05) is 47.8 Å². The number of methoxy groups -OCH3 is 1. The minimum Gasteiger partial charge on any atom is -0.493 e. The fourth-order valence-corrected chi connectivity index (χ4v) is 6.86. The predicted octanol–water partition coefficient (Wildman–Crippen LogP) is 8.69. The minimum absolute atomic E-state index is 0.0786. The molecule has 0 saturated carbocycles. The molecule has 2 aromatic heterocycles. The lowest BCUT2D eigenvalue weighted by Crippen LogP contribution is -2.31. The lowest BCUT2D eigenvalue weighted by molar-refractivity contribution is 0.102. The van der Waals surface area contributed by atoms with Gasteiger partial charge in [-0.05, 0) is 80.9 Å². The Morgan fingerprint density at radius 3 is 2.44 bits per heavy atom. The van der Waals surface area contributed by atoms with E-state index >= 15 is 4.39 Å². The van der Waals surface area contributed by atoms with Gasteiger partial charge in [-0.3, -0.25) is 14.6 Å². The Labute approximate surface area is 308 Å². The van der Waals surface area contributed by atoms with Crippen molar-refractivity contribution in [2.24, 2.45) is 0 Å². The SMILES string of the molecule is COc1cc2c(Oc3ccc(NC(=O)c4nn(-c5c(Cl)cccc5Cl)c5ccccc5c4=O)cc3F)ccnc2cc1OCCCN1CCCCC1. The number of hydrogen-bond donors (Lipinski definition) is 1. The van der Waals surface area contributed by atoms with Gasteiger partial charge < -0.3 is 24.4 Å². The zero-order valence-electron chi connectivity index (χ0n) is 28.2. The van der Waals surface area contributed by atoms with Crippen LogP contribution in [0, 0.1) is 5.82 Å². The van der Waals surface area contributed by atoms with Gasteiger partial charge in [0.05, 0.1) is 40.2 Å². The van der Waals surface area contributed by atoms with Crippen LogP contribution >= 0.6 is 23.2 Å². The molecule has 266 valence electrons. The third kappa shape index (κ3) is 7.38. The summed E-state index contributed by atoms with van der Waals surface area (Å²) >= 11 is 12.9. The van der Waals surface area contributed by atoms with Crippen LogP contribution in [-0.2, 0) is 0 Å². The molecule has 3 heterocycles. The molecular weight excluding hydrogens is 708 g/mol. The fraction of sp³-hybridized carbons (Fsp3) is 0.231. The molecule has 1 N–H and O–H groups in total. The monoisotopic (exact) mass is 741 g/mol. The van der Waals surface area contributed by atoms with Crippen molar-refractivity contribution in [2.75, 3.05) is 38.7 Å². The van der Waals surface area contributed by atoms with E-state index in [9.17, 15) is 9.59 Å². The van der Waals surface area contributed by atoms with Crippen molar-refractivity contribution >= 4 is 56.6 Å². The number of ether oxygens (including phenoxy) is 3. The Hall–Kier alpha value is -5.23. The highest BCUT2D eigenvalue weighted by molar-refractivity contribution is 6.37. The first-order valence-corrected chi connectivity index (χ1v) is 17.6. The fourth-order valence-electron chi connectivity index (χ4n) is 6.30. The number of hydrogen-bond acceptors (Lipinski definition) is 8. The molecule has 1 fully saturated rings. The number of carbonyl (C=O) groups excluding carboxylic acids is 1. The number of benzene rings is 4. The molecule has 1 amide bonds. The molecule has 0 bridgehead atoms. The van der Waals surface area contributed by atoms with Gasteiger partial charge in [0, 0.05) is 35.9 Å². The molecule has 0 aliphatic carbocycles. The Balaban J connectivity index is 1.09. The zero-order chi connectivity index (χ0) is 36.2. The van der Waals surface area contributed by atoms with Crippen LogP contribution < -0.4 is 25.0 Å². The second-order valence-corrected chi connectivity index (χ2v) is 13.1. The van der Waals surface area contributed by atoms with E-state index in [1.54, 1.807) is 74.0 Å². The van der Waals surface area contributed by atoms with Gasteiger partial charge in [0.2, 0.25) is 5.43 Å². The van der Waals surface area contributed by atoms with Crippen LogP contribution in [0.2, 0.25) is 10.0 Å². The van der Waals surface area contributed by atoms with E-state index in [0.29, 0.717) is 46.0 Å². The van der Waals surface area contributed by atoms with Crippen LogP contribution in [0.1, 0.15) is 36.2 Å². The van der Waals surface area contributed by atoms with Crippen LogP contribution in [0.4, 0.5) is 10.1 Å². The van der Waals surface area contributed by atoms with Crippen molar-refractivity contribution in [1.82, 2.24) is 19.7 Å². The minimum atomic E-state index is -0.850. The number of rotatable bonds is 11. The van der Waals surface area contributed by atoms with Gasteiger partial charge in [-0.25, -0.2) is 9.07 Å². The summed E-state index contributed by atoms with van der Waals surface area (Å²) in [6.45, 7) is 3.79. The van der Waals surface area contributed by atoms with Gasteiger partial charge in [0.15, 0.2) is 28.8 Å². The highest BCUT2D eigenvalue weighted by atomic mass is 35.5. The number of amides is 1. The molecule has 7 rings (SSSR count). The molecule has 6 aromatic rings. The summed E-state index contributed by atoms with van der Waals surface area (Å²) in [5.74, 6) is -0.295. The molecule has 52 heavy (non-hydrogen) atoms. The van der Waals surface area contributed by atoms with E-state index in [4.69, 9.17) is 37.4 Å². The topological polar surface area (TPSA) is 108 Å². The standard InChI is InChI=1S/C39H34Cl2FN5O5/c1-50-34-22-26-30(23-35(34)51-20-8-19-46-17-5-2-6-18-46)43-16-15-32(26)52-33-14-13-24(21-29(33)42)44-39(49)36-38(48)25-9-3-4-12-31(25)47(45-36)37-27(40)10-7-11-28(37)41/h3-4,7,9-16,21-23H,2,5-6,8,17-20H2,1H3,(H,44,49). The normalized spacial score (nSPS) is 13.3. The van der Waals surface area contributed by atoms with Crippen molar-refractivity contribution in [1.29, 1.82) is 0 Å². The molecule has 1 saturated heterocycles. The maximum Gasteiger partial charge on any atom is 0.280 e. The summed E-state index contributed by atoms with van der Waals surface area (Å²) in [5.41, 5.74) is 0.323. The number of para-hydroxylation sites is 2. The molecule has 1 aliphatic rings. The van der Waals surface area contributed by atoms with Crippen molar-refractivity contribution in [3.63, 3.8) is 0 Å². The molecule has 1 aliphatic heterocycles. The number of fused-ring (bicyclic) bond motifs is 2. The molecular formula is C39H34Cl2FN5O5. The summed E-state index contributed by atoms with van der Waals surface area (Å²) < 4.78 is 34.6. The average molecular weight is 743 g/mol.